The molecule has 134 valence electrons. The lowest BCUT2D eigenvalue weighted by molar-refractivity contribution is 0.372. The summed E-state index contributed by atoms with van der Waals surface area (Å²) in [5.41, 5.74) is 2.34. The molecule has 1 aromatic carbocycles. The first-order valence-electron chi connectivity index (χ1n) is 8.38. The quantitative estimate of drug-likeness (QED) is 0.875. The summed E-state index contributed by atoms with van der Waals surface area (Å²) in [5.74, 6) is 2.66. The van der Waals surface area contributed by atoms with Crippen molar-refractivity contribution in [1.29, 1.82) is 0 Å². The van der Waals surface area contributed by atoms with Gasteiger partial charge >= 0.3 is 0 Å². The second kappa shape index (κ2) is 19.1. The summed E-state index contributed by atoms with van der Waals surface area (Å²) in [6.07, 6.45) is 0. The molecule has 1 saturated heterocycles. The van der Waals surface area contributed by atoms with Gasteiger partial charge in [-0.15, -0.1) is 0 Å². The van der Waals surface area contributed by atoms with Crippen molar-refractivity contribution in [2.24, 2.45) is 0 Å². The van der Waals surface area contributed by atoms with Crippen molar-refractivity contribution >= 4 is 11.8 Å². The zero-order valence-corrected chi connectivity index (χ0v) is 16.8. The van der Waals surface area contributed by atoms with Gasteiger partial charge < -0.3 is 15.5 Å². The topological polar surface area (TPSA) is 27.3 Å². The predicted molar refractivity (Wildman–Crippen MR) is 109 cm³/mol. The van der Waals surface area contributed by atoms with E-state index < -0.39 is 0 Å². The minimum atomic E-state index is 0.959. The Balaban J connectivity index is 0. The van der Waals surface area contributed by atoms with E-state index in [2.05, 4.69) is 53.1 Å². The summed E-state index contributed by atoms with van der Waals surface area (Å²) < 4.78 is 0. The fraction of sp³-hybridized carbons (Fsp3) is 0.579. The van der Waals surface area contributed by atoms with Crippen molar-refractivity contribution in [3.05, 3.63) is 48.2 Å². The van der Waals surface area contributed by atoms with E-state index in [1.807, 2.05) is 53.1 Å². The van der Waals surface area contributed by atoms with E-state index in [0.29, 0.717) is 0 Å². The monoisotopic (exact) mass is 339 g/mol. The molecular weight excluding hydrogens is 302 g/mol. The van der Waals surface area contributed by atoms with Gasteiger partial charge in [0, 0.05) is 38.2 Å². The van der Waals surface area contributed by atoms with Gasteiger partial charge in [-0.3, -0.25) is 0 Å². The molecule has 23 heavy (non-hydrogen) atoms. The molecule has 3 nitrogen and oxygen atoms in total. The Labute approximate surface area is 148 Å². The van der Waals surface area contributed by atoms with Crippen LogP contribution in [-0.4, -0.2) is 50.6 Å². The summed E-state index contributed by atoms with van der Waals surface area (Å²) in [6, 6.07) is 10.3. The zero-order valence-electron chi connectivity index (χ0n) is 16.0. The van der Waals surface area contributed by atoms with E-state index in [4.69, 9.17) is 0 Å². The van der Waals surface area contributed by atoms with Crippen LogP contribution in [-0.2, 0) is 6.54 Å². The largest absolute Gasteiger partial charge is 0.392 e. The molecule has 0 saturated carbocycles. The molecular formula is C19H37N3S. The van der Waals surface area contributed by atoms with E-state index in [1.165, 1.54) is 30.2 Å². The van der Waals surface area contributed by atoms with E-state index in [1.54, 1.807) is 0 Å². The SMILES string of the molecule is C=C(C)NC.CC.CN1CCSCC1.CNCc1ccccc1. The van der Waals surface area contributed by atoms with Gasteiger partial charge in [0.2, 0.25) is 0 Å². The average Bonchev–Trinajstić information content (AvgIpc) is 2.60. The van der Waals surface area contributed by atoms with E-state index >= 15 is 0 Å². The van der Waals surface area contributed by atoms with Gasteiger partial charge in [-0.05, 0) is 32.3 Å². The number of nitrogens with zero attached hydrogens (tertiary/aromatic N) is 1. The Morgan fingerprint density at radius 1 is 1.13 bits per heavy atom. The van der Waals surface area contributed by atoms with Gasteiger partial charge in [-0.1, -0.05) is 50.8 Å². The maximum Gasteiger partial charge on any atom is 0.0202 e. The molecule has 1 aliphatic rings. The van der Waals surface area contributed by atoms with Crippen LogP contribution in [0.15, 0.2) is 42.6 Å². The number of hydrogen-bond donors (Lipinski definition) is 2. The lowest BCUT2D eigenvalue weighted by atomic mass is 10.2. The van der Waals surface area contributed by atoms with E-state index in [9.17, 15) is 0 Å². The molecule has 0 radical (unpaired) electrons. The number of nitrogens with one attached hydrogen (secondary N) is 2. The van der Waals surface area contributed by atoms with Crippen molar-refractivity contribution in [2.75, 3.05) is 45.7 Å². The minimum Gasteiger partial charge on any atom is -0.392 e. The molecule has 2 rings (SSSR count). The number of thioether (sulfide) groups is 1. The van der Waals surface area contributed by atoms with Gasteiger partial charge in [0.1, 0.15) is 0 Å². The van der Waals surface area contributed by atoms with Gasteiger partial charge in [0.05, 0.1) is 0 Å². The van der Waals surface area contributed by atoms with Gasteiger partial charge in [-0.2, -0.15) is 11.8 Å². The fourth-order valence-electron chi connectivity index (χ4n) is 1.45. The average molecular weight is 340 g/mol. The lowest BCUT2D eigenvalue weighted by Crippen LogP contribution is -2.28. The second-order valence-electron chi connectivity index (χ2n) is 4.96. The first-order valence-corrected chi connectivity index (χ1v) is 9.53. The molecule has 0 amide bonds. The van der Waals surface area contributed by atoms with Crippen LogP contribution in [0, 0.1) is 0 Å². The Bertz CT molecular complexity index is 349. The third-order valence-electron chi connectivity index (χ3n) is 2.89. The van der Waals surface area contributed by atoms with Crippen molar-refractivity contribution in [2.45, 2.75) is 27.3 Å². The van der Waals surface area contributed by atoms with Gasteiger partial charge in [0.25, 0.3) is 0 Å². The van der Waals surface area contributed by atoms with Crippen LogP contribution in [0.3, 0.4) is 0 Å². The van der Waals surface area contributed by atoms with Crippen molar-refractivity contribution in [3.8, 4) is 0 Å². The van der Waals surface area contributed by atoms with Crippen LogP contribution in [0.25, 0.3) is 0 Å². The summed E-state index contributed by atoms with van der Waals surface area (Å²) >= 11 is 2.06. The Morgan fingerprint density at radius 3 is 1.91 bits per heavy atom. The highest BCUT2D eigenvalue weighted by atomic mass is 32.2. The van der Waals surface area contributed by atoms with Crippen molar-refractivity contribution < 1.29 is 0 Å². The molecule has 0 spiro atoms. The van der Waals surface area contributed by atoms with Crippen LogP contribution in [0.5, 0.6) is 0 Å². The zero-order chi connectivity index (χ0) is 17.9. The minimum absolute atomic E-state index is 0.959. The summed E-state index contributed by atoms with van der Waals surface area (Å²) in [6.45, 7) is 13.0. The highest BCUT2D eigenvalue weighted by Crippen LogP contribution is 2.05. The summed E-state index contributed by atoms with van der Waals surface area (Å²) in [7, 11) is 5.98. The van der Waals surface area contributed by atoms with Crippen molar-refractivity contribution in [1.82, 2.24) is 15.5 Å². The maximum atomic E-state index is 3.56. The fourth-order valence-corrected chi connectivity index (χ4v) is 2.54. The molecule has 4 heteroatoms. The standard InChI is InChI=1S/C8H11N.C5H11NS.C4H9N.C2H6/c1-9-7-8-5-3-2-4-6-8;1-6-2-4-7-5-3-6;1-4(2)5-3;1-2/h2-6,9H,7H2,1H3;2-5H2,1H3;5H,1H2,2-3H3;1-2H3. The van der Waals surface area contributed by atoms with Gasteiger partial charge in [-0.25, -0.2) is 0 Å². The third-order valence-corrected chi connectivity index (χ3v) is 3.83. The smallest absolute Gasteiger partial charge is 0.0202 e. The van der Waals surface area contributed by atoms with Crippen molar-refractivity contribution in [3.63, 3.8) is 0 Å². The Morgan fingerprint density at radius 2 is 1.61 bits per heavy atom. The highest BCUT2D eigenvalue weighted by Gasteiger charge is 2.02. The molecule has 0 unspecified atom stereocenters. The number of hydrogen-bond acceptors (Lipinski definition) is 4. The molecule has 2 N–H and O–H groups in total. The van der Waals surface area contributed by atoms with Gasteiger partial charge in [0.15, 0.2) is 0 Å². The predicted octanol–water partition coefficient (Wildman–Crippen LogP) is 3.84. The number of benzene rings is 1. The summed E-state index contributed by atoms with van der Waals surface area (Å²) in [4.78, 5) is 2.37. The number of rotatable bonds is 3. The lowest BCUT2D eigenvalue weighted by Gasteiger charge is -2.20. The van der Waals surface area contributed by atoms with E-state index in [0.717, 1.165) is 12.2 Å². The summed E-state index contributed by atoms with van der Waals surface area (Å²) in [5, 5.41) is 5.92. The molecule has 0 aromatic heterocycles. The Hall–Kier alpha value is -0.970. The molecule has 1 heterocycles. The molecule has 1 fully saturated rings. The van der Waals surface area contributed by atoms with E-state index in [-0.39, 0.29) is 0 Å². The number of allylic oxidation sites excluding steroid dienone is 1. The van der Waals surface area contributed by atoms with Crippen LogP contribution < -0.4 is 10.6 Å². The molecule has 1 aromatic rings. The molecule has 1 aliphatic heterocycles. The Kier molecular flexibility index (Phi) is 20.1. The maximum absolute atomic E-state index is 3.56. The van der Waals surface area contributed by atoms with Crippen LogP contribution in [0.4, 0.5) is 0 Å². The van der Waals surface area contributed by atoms with Crippen LogP contribution >= 0.6 is 11.8 Å². The first kappa shape index (κ1) is 24.3. The first-order chi connectivity index (χ1) is 11.1. The highest BCUT2D eigenvalue weighted by molar-refractivity contribution is 7.99. The third kappa shape index (κ3) is 19.0. The molecule has 0 atom stereocenters. The second-order valence-corrected chi connectivity index (χ2v) is 6.19. The van der Waals surface area contributed by atoms with Crippen LogP contribution in [0.2, 0.25) is 0 Å². The normalized spacial score (nSPS) is 13.1. The molecule has 0 bridgehead atoms. The van der Waals surface area contributed by atoms with Crippen LogP contribution in [0.1, 0.15) is 26.3 Å². The molecule has 0 aliphatic carbocycles.